The number of anilines is 1. The third-order valence-electron chi connectivity index (χ3n) is 7.69. The van der Waals surface area contributed by atoms with Gasteiger partial charge in [0.1, 0.15) is 5.75 Å². The summed E-state index contributed by atoms with van der Waals surface area (Å²) in [4.78, 5) is 69.5. The van der Waals surface area contributed by atoms with Crippen molar-refractivity contribution in [3.63, 3.8) is 0 Å². The third-order valence-corrected chi connectivity index (χ3v) is 7.69. The van der Waals surface area contributed by atoms with Crippen molar-refractivity contribution in [2.45, 2.75) is 31.4 Å². The lowest BCUT2D eigenvalue weighted by Gasteiger charge is -2.52. The molecule has 1 aromatic rings. The number of amides is 1. The molecule has 6 atom stereocenters. The largest absolute Gasteiger partial charge is 0.493 e. The van der Waals surface area contributed by atoms with E-state index in [9.17, 15) is 29.1 Å². The fourth-order valence-electron chi connectivity index (χ4n) is 6.27. The van der Waals surface area contributed by atoms with Crippen molar-refractivity contribution in [3.05, 3.63) is 23.3 Å². The van der Waals surface area contributed by atoms with Crippen LogP contribution in [0.3, 0.4) is 0 Å². The lowest BCUT2D eigenvalue weighted by atomic mass is 9.52. The summed E-state index contributed by atoms with van der Waals surface area (Å²) >= 11 is 0. The minimum atomic E-state index is -2.66. The molecular formula is C25H31N3O7. The second-order valence-electron chi connectivity index (χ2n) is 10.1. The van der Waals surface area contributed by atoms with Gasteiger partial charge < -0.3 is 20.5 Å². The first-order valence-electron chi connectivity index (χ1n) is 11.7. The van der Waals surface area contributed by atoms with Crippen molar-refractivity contribution < 1.29 is 33.8 Å². The van der Waals surface area contributed by atoms with E-state index in [-0.39, 0.29) is 12.0 Å². The van der Waals surface area contributed by atoms with Gasteiger partial charge in [-0.25, -0.2) is 0 Å². The predicted molar refractivity (Wildman–Crippen MR) is 125 cm³/mol. The van der Waals surface area contributed by atoms with Crippen molar-refractivity contribution in [1.29, 1.82) is 0 Å². The zero-order valence-corrected chi connectivity index (χ0v) is 20.5. The van der Waals surface area contributed by atoms with Crippen LogP contribution >= 0.6 is 0 Å². The summed E-state index contributed by atoms with van der Waals surface area (Å²) in [5.41, 5.74) is 4.49. The Morgan fingerprint density at radius 3 is 2.34 bits per heavy atom. The minimum absolute atomic E-state index is 0.0790. The quantitative estimate of drug-likeness (QED) is 0.533. The number of nitrogens with zero attached hydrogens (tertiary/aromatic N) is 2. The van der Waals surface area contributed by atoms with E-state index in [0.29, 0.717) is 18.8 Å². The van der Waals surface area contributed by atoms with Gasteiger partial charge in [-0.1, -0.05) is 0 Å². The highest BCUT2D eigenvalue weighted by Crippen LogP contribution is 2.51. The van der Waals surface area contributed by atoms with Gasteiger partial charge in [0.25, 0.3) is 0 Å². The molecule has 4 rings (SSSR count). The van der Waals surface area contributed by atoms with Crippen molar-refractivity contribution in [2.75, 3.05) is 39.7 Å². The smallest absolute Gasteiger partial charge is 0.235 e. The average Bonchev–Trinajstić information content (AvgIpc) is 2.75. The Bertz CT molecular complexity index is 1140. The molecule has 1 aromatic carbocycles. The minimum Gasteiger partial charge on any atom is -0.493 e. The van der Waals surface area contributed by atoms with E-state index in [4.69, 9.17) is 10.5 Å². The molecule has 0 bridgehead atoms. The van der Waals surface area contributed by atoms with E-state index in [2.05, 4.69) is 0 Å². The van der Waals surface area contributed by atoms with Crippen molar-refractivity contribution in [1.82, 2.24) is 4.90 Å². The van der Waals surface area contributed by atoms with Gasteiger partial charge in [-0.3, -0.25) is 28.9 Å². The average molecular weight is 486 g/mol. The number of ether oxygens (including phenoxy) is 1. The van der Waals surface area contributed by atoms with E-state index in [0.717, 1.165) is 11.3 Å². The van der Waals surface area contributed by atoms with Crippen LogP contribution in [-0.4, -0.2) is 85.5 Å². The van der Waals surface area contributed by atoms with Gasteiger partial charge in [-0.15, -0.1) is 0 Å². The van der Waals surface area contributed by atoms with Gasteiger partial charge in [0, 0.05) is 25.7 Å². The van der Waals surface area contributed by atoms with Crippen LogP contribution in [0.2, 0.25) is 0 Å². The van der Waals surface area contributed by atoms with Gasteiger partial charge in [0.2, 0.25) is 5.91 Å². The first kappa shape index (κ1) is 25.0. The Balaban J connectivity index is 1.89. The maximum absolute atomic E-state index is 13.9. The van der Waals surface area contributed by atoms with Crippen molar-refractivity contribution >= 4 is 34.7 Å². The molecule has 35 heavy (non-hydrogen) atoms. The molecule has 188 valence electrons. The molecule has 3 N–H and O–H groups in total. The van der Waals surface area contributed by atoms with Crippen LogP contribution in [0.5, 0.6) is 5.75 Å². The van der Waals surface area contributed by atoms with Crippen molar-refractivity contribution in [3.8, 4) is 5.75 Å². The number of carbonyl (C=O) groups excluding carboxylic acids is 5. The summed E-state index contributed by atoms with van der Waals surface area (Å²) in [6, 6.07) is 2.45. The fourth-order valence-corrected chi connectivity index (χ4v) is 6.27. The Labute approximate surface area is 203 Å². The van der Waals surface area contributed by atoms with E-state index in [1.165, 1.54) is 4.90 Å². The number of carbonyl (C=O) groups is 5. The first-order valence-corrected chi connectivity index (χ1v) is 11.7. The normalized spacial score (nSPS) is 32.1. The second-order valence-corrected chi connectivity index (χ2v) is 10.1. The molecule has 0 saturated heterocycles. The Kier molecular flexibility index (Phi) is 6.09. The number of rotatable bonds is 5. The molecule has 1 amide bonds. The lowest BCUT2D eigenvalue weighted by molar-refractivity contribution is -0.181. The maximum atomic E-state index is 13.9. The number of Topliss-reactive ketones (excluding diaryl/α,β-unsaturated/α-hetero) is 4. The molecule has 0 spiro atoms. The third kappa shape index (κ3) is 3.41. The van der Waals surface area contributed by atoms with Crippen LogP contribution in [0, 0.1) is 23.7 Å². The summed E-state index contributed by atoms with van der Waals surface area (Å²) in [6.07, 6.45) is 0.413. The Morgan fingerprint density at radius 2 is 1.80 bits per heavy atom. The van der Waals surface area contributed by atoms with Crippen LogP contribution in [0.1, 0.15) is 29.3 Å². The molecule has 0 aromatic heterocycles. The van der Waals surface area contributed by atoms with Crippen LogP contribution in [-0.2, 0) is 25.6 Å². The van der Waals surface area contributed by atoms with Gasteiger partial charge in [-0.2, -0.15) is 0 Å². The van der Waals surface area contributed by atoms with Crippen molar-refractivity contribution in [2.24, 2.45) is 29.4 Å². The molecule has 2 saturated carbocycles. The molecule has 0 aliphatic heterocycles. The van der Waals surface area contributed by atoms with E-state index in [1.807, 2.05) is 25.1 Å². The van der Waals surface area contributed by atoms with Gasteiger partial charge in [-0.05, 0) is 57.5 Å². The molecular weight excluding hydrogens is 454 g/mol. The number of nitrogens with two attached hydrogens (primary N) is 1. The summed E-state index contributed by atoms with van der Waals surface area (Å²) < 4.78 is 5.70. The number of hydrogen-bond acceptors (Lipinski definition) is 9. The van der Waals surface area contributed by atoms with Crippen LogP contribution in [0.15, 0.2) is 12.1 Å². The number of primary amides is 1. The summed E-state index contributed by atoms with van der Waals surface area (Å²) in [7, 11) is 6.85. The van der Waals surface area contributed by atoms with Crippen LogP contribution in [0.25, 0.3) is 0 Å². The van der Waals surface area contributed by atoms with Gasteiger partial charge in [0.15, 0.2) is 34.7 Å². The van der Waals surface area contributed by atoms with Crippen LogP contribution < -0.4 is 15.4 Å². The SMILES string of the molecule is CCOc1ccc(N(C)C)c2c1C(=O)C1C(=O)[C@]3(O)C(=O)C(C(N)=O)C(=O)[C@@H](N(C)C)[C@@H]3C[C@@H]1C2. The van der Waals surface area contributed by atoms with E-state index in [1.54, 1.807) is 27.1 Å². The second kappa shape index (κ2) is 8.53. The number of hydrogen-bond donors (Lipinski definition) is 2. The Hall–Kier alpha value is -3.11. The van der Waals surface area contributed by atoms with E-state index < -0.39 is 64.4 Å². The number of likely N-dealkylation sites (N-methyl/N-ethyl adjacent to an activating group) is 1. The highest BCUT2D eigenvalue weighted by molar-refractivity contribution is 6.32. The topological polar surface area (TPSA) is 147 Å². The molecule has 0 heterocycles. The molecule has 10 nitrogen and oxygen atoms in total. The molecule has 3 aliphatic rings. The summed E-state index contributed by atoms with van der Waals surface area (Å²) in [5.74, 6) is -9.22. The number of benzene rings is 1. The predicted octanol–water partition coefficient (Wildman–Crippen LogP) is -0.374. The highest BCUT2D eigenvalue weighted by atomic mass is 16.5. The Morgan fingerprint density at radius 1 is 1.14 bits per heavy atom. The highest BCUT2D eigenvalue weighted by Gasteiger charge is 2.69. The molecule has 10 heteroatoms. The molecule has 3 aliphatic carbocycles. The standard InChI is InChI=1S/C25H31N3O7/c1-6-35-15-8-7-14(27(2)3)12-9-11-10-13-19(28(4)5)21(30)18(24(26)33)23(32)25(13,34)22(31)16(11)20(29)17(12)15/h7-8,11,13,16,18-19,34H,6,9-10H2,1-5H3,(H2,26,33)/t11-,13-,16?,18?,19-,25-/m0/s1. The maximum Gasteiger partial charge on any atom is 0.235 e. The molecule has 2 unspecified atom stereocenters. The summed E-state index contributed by atoms with van der Waals surface area (Å²) in [6.45, 7) is 2.09. The molecule has 2 fully saturated rings. The summed E-state index contributed by atoms with van der Waals surface area (Å²) in [5, 5.41) is 11.6. The van der Waals surface area contributed by atoms with Gasteiger partial charge in [0.05, 0.1) is 24.1 Å². The first-order chi connectivity index (χ1) is 16.4. The number of fused-ring (bicyclic) bond motifs is 3. The zero-order chi connectivity index (χ0) is 26.0. The lowest BCUT2D eigenvalue weighted by Crippen LogP contribution is -2.74. The molecule has 0 radical (unpaired) electrons. The number of ketones is 4. The van der Waals surface area contributed by atoms with Gasteiger partial charge >= 0.3 is 0 Å². The zero-order valence-electron chi connectivity index (χ0n) is 20.5. The van der Waals surface area contributed by atoms with Crippen LogP contribution in [0.4, 0.5) is 5.69 Å². The monoisotopic (exact) mass is 485 g/mol. The number of aliphatic hydroxyl groups is 1. The van der Waals surface area contributed by atoms with E-state index >= 15 is 0 Å². The fraction of sp³-hybridized carbons (Fsp3) is 0.560.